The van der Waals surface area contributed by atoms with Gasteiger partial charge >= 0.3 is 0 Å². The second-order valence-electron chi connectivity index (χ2n) is 4.97. The largest absolute Gasteiger partial charge is 0.347 e. The van der Waals surface area contributed by atoms with Crippen LogP contribution in [0.5, 0.6) is 0 Å². The predicted molar refractivity (Wildman–Crippen MR) is 73.4 cm³/mol. The van der Waals surface area contributed by atoms with E-state index in [2.05, 4.69) is 9.88 Å². The van der Waals surface area contributed by atoms with Crippen LogP contribution < -0.4 is 0 Å². The number of hydrogen-bond donors (Lipinski definition) is 0. The summed E-state index contributed by atoms with van der Waals surface area (Å²) in [5.74, 6) is -0.321. The molecule has 1 aromatic rings. The summed E-state index contributed by atoms with van der Waals surface area (Å²) in [6.07, 6.45) is 1.82. The van der Waals surface area contributed by atoms with Crippen LogP contribution in [0.2, 0.25) is 10.3 Å². The predicted octanol–water partition coefficient (Wildman–Crippen LogP) is 2.73. The Bertz CT molecular complexity index is 454. The Morgan fingerprint density at radius 2 is 1.84 bits per heavy atom. The molecule has 3 rings (SSSR count). The molecule has 1 spiro atoms. The minimum Gasteiger partial charge on any atom is -0.347 e. The highest BCUT2D eigenvalue weighted by molar-refractivity contribution is 6.32. The van der Waals surface area contributed by atoms with Crippen LogP contribution in [-0.2, 0) is 16.0 Å². The highest BCUT2D eigenvalue weighted by atomic mass is 35.5. The first-order chi connectivity index (χ1) is 9.17. The summed E-state index contributed by atoms with van der Waals surface area (Å²) in [5, 5.41) is 0.917. The van der Waals surface area contributed by atoms with Crippen molar-refractivity contribution in [3.05, 3.63) is 28.0 Å². The number of ether oxygens (including phenoxy) is 2. The van der Waals surface area contributed by atoms with E-state index in [4.69, 9.17) is 32.7 Å². The number of rotatable bonds is 2. The zero-order valence-corrected chi connectivity index (χ0v) is 12.1. The molecular weight excluding hydrogens is 287 g/mol. The van der Waals surface area contributed by atoms with Gasteiger partial charge in [-0.25, -0.2) is 4.98 Å². The Morgan fingerprint density at radius 3 is 2.47 bits per heavy atom. The van der Waals surface area contributed by atoms with Crippen molar-refractivity contribution in [2.24, 2.45) is 0 Å². The zero-order valence-electron chi connectivity index (χ0n) is 10.6. The highest BCUT2D eigenvalue weighted by Gasteiger charge is 2.39. The standard InChI is InChI=1S/C13H16Cl2N2O2/c14-11-2-1-10(12(15)16-11)9-17-5-3-13(4-6-17)18-7-8-19-13/h1-2H,3-9H2. The van der Waals surface area contributed by atoms with Gasteiger partial charge in [0, 0.05) is 38.0 Å². The van der Waals surface area contributed by atoms with Crippen molar-refractivity contribution in [1.29, 1.82) is 0 Å². The molecule has 19 heavy (non-hydrogen) atoms. The van der Waals surface area contributed by atoms with Crippen molar-refractivity contribution in [3.8, 4) is 0 Å². The van der Waals surface area contributed by atoms with Gasteiger partial charge in [-0.2, -0.15) is 0 Å². The van der Waals surface area contributed by atoms with Gasteiger partial charge in [0.1, 0.15) is 10.3 Å². The van der Waals surface area contributed by atoms with Crippen molar-refractivity contribution < 1.29 is 9.47 Å². The van der Waals surface area contributed by atoms with Crippen LogP contribution in [0.4, 0.5) is 0 Å². The van der Waals surface area contributed by atoms with Crippen LogP contribution in [0.25, 0.3) is 0 Å². The zero-order chi connectivity index (χ0) is 13.3. The lowest BCUT2D eigenvalue weighted by Crippen LogP contribution is -2.44. The molecule has 1 aromatic heterocycles. The Hall–Kier alpha value is -0.390. The Kier molecular flexibility index (Phi) is 3.96. The van der Waals surface area contributed by atoms with Gasteiger partial charge in [0.15, 0.2) is 5.79 Å². The second kappa shape index (κ2) is 5.54. The molecule has 0 atom stereocenters. The van der Waals surface area contributed by atoms with E-state index in [0.29, 0.717) is 23.5 Å². The minimum atomic E-state index is -0.321. The number of nitrogens with zero attached hydrogens (tertiary/aromatic N) is 2. The molecule has 2 aliphatic heterocycles. The molecule has 104 valence electrons. The summed E-state index contributed by atoms with van der Waals surface area (Å²) in [5.41, 5.74) is 1.01. The van der Waals surface area contributed by atoms with E-state index in [9.17, 15) is 0 Å². The van der Waals surface area contributed by atoms with E-state index in [1.807, 2.05) is 6.07 Å². The fraction of sp³-hybridized carbons (Fsp3) is 0.615. The monoisotopic (exact) mass is 302 g/mol. The molecule has 0 aromatic carbocycles. The summed E-state index contributed by atoms with van der Waals surface area (Å²) in [4.78, 5) is 6.41. The molecule has 0 N–H and O–H groups in total. The number of piperidine rings is 1. The summed E-state index contributed by atoms with van der Waals surface area (Å²) in [6.45, 7) is 4.11. The third-order valence-electron chi connectivity index (χ3n) is 3.72. The normalized spacial score (nSPS) is 23.1. The van der Waals surface area contributed by atoms with Gasteiger partial charge in [0.25, 0.3) is 0 Å². The van der Waals surface area contributed by atoms with E-state index in [1.165, 1.54) is 0 Å². The number of halogens is 2. The molecule has 4 nitrogen and oxygen atoms in total. The van der Waals surface area contributed by atoms with E-state index < -0.39 is 0 Å². The first kappa shape index (κ1) is 13.6. The number of hydrogen-bond acceptors (Lipinski definition) is 4. The molecule has 2 aliphatic rings. The molecule has 0 aliphatic carbocycles. The summed E-state index contributed by atoms with van der Waals surface area (Å²) in [6, 6.07) is 3.71. The van der Waals surface area contributed by atoms with Crippen LogP contribution in [0.1, 0.15) is 18.4 Å². The van der Waals surface area contributed by atoms with Crippen molar-refractivity contribution in [2.45, 2.75) is 25.2 Å². The molecule has 0 saturated carbocycles. The van der Waals surface area contributed by atoms with Crippen molar-refractivity contribution in [2.75, 3.05) is 26.3 Å². The van der Waals surface area contributed by atoms with Crippen LogP contribution in [-0.4, -0.2) is 42.0 Å². The maximum atomic E-state index is 6.10. The maximum Gasteiger partial charge on any atom is 0.170 e. The molecular formula is C13H16Cl2N2O2. The first-order valence-electron chi connectivity index (χ1n) is 6.48. The molecule has 0 amide bonds. The van der Waals surface area contributed by atoms with Crippen LogP contribution >= 0.6 is 23.2 Å². The lowest BCUT2D eigenvalue weighted by molar-refractivity contribution is -0.185. The van der Waals surface area contributed by atoms with E-state index in [0.717, 1.165) is 38.0 Å². The molecule has 6 heteroatoms. The topological polar surface area (TPSA) is 34.6 Å². The number of likely N-dealkylation sites (tertiary alicyclic amines) is 1. The number of pyridine rings is 1. The summed E-state index contributed by atoms with van der Waals surface area (Å²) >= 11 is 11.9. The van der Waals surface area contributed by atoms with Crippen molar-refractivity contribution >= 4 is 23.2 Å². The summed E-state index contributed by atoms with van der Waals surface area (Å²) in [7, 11) is 0. The molecule has 2 saturated heterocycles. The SMILES string of the molecule is Clc1ccc(CN2CCC3(CC2)OCCO3)c(Cl)n1. The van der Waals surface area contributed by atoms with E-state index in [1.54, 1.807) is 6.07 Å². The summed E-state index contributed by atoms with van der Waals surface area (Å²) < 4.78 is 11.4. The molecule has 0 bridgehead atoms. The Labute approximate surface area is 122 Å². The van der Waals surface area contributed by atoms with Gasteiger partial charge in [-0.3, -0.25) is 4.90 Å². The van der Waals surface area contributed by atoms with Gasteiger partial charge in [-0.1, -0.05) is 29.3 Å². The first-order valence-corrected chi connectivity index (χ1v) is 7.24. The van der Waals surface area contributed by atoms with E-state index >= 15 is 0 Å². The molecule has 3 heterocycles. The second-order valence-corrected chi connectivity index (χ2v) is 5.71. The Balaban J connectivity index is 1.60. The average molecular weight is 303 g/mol. The highest BCUT2D eigenvalue weighted by Crippen LogP contribution is 2.32. The average Bonchev–Trinajstić information content (AvgIpc) is 2.84. The smallest absolute Gasteiger partial charge is 0.170 e. The third kappa shape index (κ3) is 3.03. The van der Waals surface area contributed by atoms with Crippen molar-refractivity contribution in [3.63, 3.8) is 0 Å². The van der Waals surface area contributed by atoms with Gasteiger partial charge in [-0.15, -0.1) is 0 Å². The fourth-order valence-corrected chi connectivity index (χ4v) is 3.04. The quantitative estimate of drug-likeness (QED) is 0.787. The molecule has 0 unspecified atom stereocenters. The minimum absolute atomic E-state index is 0.321. The Morgan fingerprint density at radius 1 is 1.16 bits per heavy atom. The fourth-order valence-electron chi connectivity index (χ4n) is 2.64. The molecule has 2 fully saturated rings. The van der Waals surface area contributed by atoms with Gasteiger partial charge in [0.2, 0.25) is 0 Å². The van der Waals surface area contributed by atoms with Crippen LogP contribution in [0, 0.1) is 0 Å². The van der Waals surface area contributed by atoms with Crippen molar-refractivity contribution in [1.82, 2.24) is 9.88 Å². The van der Waals surface area contributed by atoms with Gasteiger partial charge < -0.3 is 9.47 Å². The van der Waals surface area contributed by atoms with Crippen LogP contribution in [0.15, 0.2) is 12.1 Å². The maximum absolute atomic E-state index is 6.10. The van der Waals surface area contributed by atoms with Crippen LogP contribution in [0.3, 0.4) is 0 Å². The lowest BCUT2D eigenvalue weighted by atomic mass is 10.0. The van der Waals surface area contributed by atoms with Gasteiger partial charge in [-0.05, 0) is 6.07 Å². The van der Waals surface area contributed by atoms with E-state index in [-0.39, 0.29) is 5.79 Å². The van der Waals surface area contributed by atoms with Gasteiger partial charge in [0.05, 0.1) is 13.2 Å². The third-order valence-corrected chi connectivity index (χ3v) is 4.26. The molecule has 0 radical (unpaired) electrons. The number of aromatic nitrogens is 1. The lowest BCUT2D eigenvalue weighted by Gasteiger charge is -2.37.